The zero-order valence-electron chi connectivity index (χ0n) is 19.4. The molecule has 1 saturated heterocycles. The lowest BCUT2D eigenvalue weighted by molar-refractivity contribution is 0.0951. The average Bonchev–Trinajstić information content (AvgIpc) is 2.81. The van der Waals surface area contributed by atoms with Gasteiger partial charge < -0.3 is 19.9 Å². The zero-order chi connectivity index (χ0) is 23.7. The van der Waals surface area contributed by atoms with E-state index in [1.807, 2.05) is 6.92 Å². The van der Waals surface area contributed by atoms with Gasteiger partial charge in [0, 0.05) is 44.0 Å². The fourth-order valence-electron chi connectivity index (χ4n) is 3.64. The van der Waals surface area contributed by atoms with E-state index in [1.165, 1.54) is 12.1 Å². The maximum absolute atomic E-state index is 12.8. The third-order valence-corrected chi connectivity index (χ3v) is 6.99. The molecule has 8 nitrogen and oxygen atoms in total. The molecule has 0 saturated carbocycles. The van der Waals surface area contributed by atoms with Gasteiger partial charge in [-0.05, 0) is 75.8 Å². The Balaban J connectivity index is 1.48. The SMILES string of the molecule is CCOc1ccc(NS(=O)(=O)c2cccc(C(=O)NCCCCN3CCN(C)CC3)c2)cc1. The predicted octanol–water partition coefficient (Wildman–Crippen LogP) is 2.64. The van der Waals surface area contributed by atoms with Gasteiger partial charge in [0.25, 0.3) is 15.9 Å². The van der Waals surface area contributed by atoms with Crippen molar-refractivity contribution < 1.29 is 17.9 Å². The van der Waals surface area contributed by atoms with Crippen LogP contribution in [0.15, 0.2) is 53.4 Å². The van der Waals surface area contributed by atoms with Crippen LogP contribution in [0.2, 0.25) is 0 Å². The van der Waals surface area contributed by atoms with E-state index in [-0.39, 0.29) is 10.8 Å². The highest BCUT2D eigenvalue weighted by Crippen LogP contribution is 2.20. The van der Waals surface area contributed by atoms with Crippen molar-refractivity contribution in [3.05, 3.63) is 54.1 Å². The summed E-state index contributed by atoms with van der Waals surface area (Å²) in [4.78, 5) is 17.4. The number of rotatable bonds is 11. The van der Waals surface area contributed by atoms with Crippen molar-refractivity contribution >= 4 is 21.6 Å². The van der Waals surface area contributed by atoms with E-state index in [9.17, 15) is 13.2 Å². The lowest BCUT2D eigenvalue weighted by Crippen LogP contribution is -2.44. The van der Waals surface area contributed by atoms with Gasteiger partial charge in [-0.1, -0.05) is 6.07 Å². The van der Waals surface area contributed by atoms with Gasteiger partial charge in [-0.3, -0.25) is 9.52 Å². The van der Waals surface area contributed by atoms with Crippen molar-refractivity contribution in [2.45, 2.75) is 24.7 Å². The molecule has 0 atom stereocenters. The Kier molecular flexibility index (Phi) is 9.11. The van der Waals surface area contributed by atoms with E-state index in [1.54, 1.807) is 36.4 Å². The quantitative estimate of drug-likeness (QED) is 0.487. The maximum Gasteiger partial charge on any atom is 0.261 e. The number of sulfonamides is 1. The van der Waals surface area contributed by atoms with Crippen LogP contribution in [0.5, 0.6) is 5.75 Å². The molecule has 9 heteroatoms. The van der Waals surface area contributed by atoms with Crippen molar-refractivity contribution in [2.75, 3.05) is 57.6 Å². The lowest BCUT2D eigenvalue weighted by Gasteiger charge is -2.32. The average molecular weight is 475 g/mol. The fourth-order valence-corrected chi connectivity index (χ4v) is 4.74. The van der Waals surface area contributed by atoms with E-state index in [0.717, 1.165) is 45.6 Å². The first-order chi connectivity index (χ1) is 15.9. The molecule has 0 radical (unpaired) electrons. The molecule has 1 fully saturated rings. The molecule has 1 aliphatic rings. The van der Waals surface area contributed by atoms with Crippen LogP contribution in [0, 0.1) is 0 Å². The number of ether oxygens (including phenoxy) is 1. The standard InChI is InChI=1S/C24H34N4O4S/c1-3-32-22-11-9-21(10-12-22)26-33(30,31)23-8-6-7-20(19-23)24(29)25-13-4-5-14-28-17-15-27(2)16-18-28/h6-12,19,26H,3-5,13-18H2,1-2H3,(H,25,29). The van der Waals surface area contributed by atoms with Gasteiger partial charge in [0.2, 0.25) is 0 Å². The first kappa shape index (κ1) is 25.0. The Morgan fingerprint density at radius 2 is 1.76 bits per heavy atom. The molecule has 0 spiro atoms. The van der Waals surface area contributed by atoms with E-state index >= 15 is 0 Å². The van der Waals surface area contributed by atoms with Crippen molar-refractivity contribution in [3.63, 3.8) is 0 Å². The van der Waals surface area contributed by atoms with Crippen LogP contribution in [0.3, 0.4) is 0 Å². The number of likely N-dealkylation sites (N-methyl/N-ethyl adjacent to an activating group) is 1. The van der Waals surface area contributed by atoms with E-state index in [0.29, 0.717) is 30.2 Å². The molecule has 2 N–H and O–H groups in total. The first-order valence-corrected chi connectivity index (χ1v) is 12.9. The summed E-state index contributed by atoms with van der Waals surface area (Å²) in [5.41, 5.74) is 0.747. The molecule has 2 aromatic carbocycles. The molecule has 33 heavy (non-hydrogen) atoms. The Morgan fingerprint density at radius 3 is 2.45 bits per heavy atom. The highest BCUT2D eigenvalue weighted by Gasteiger charge is 2.17. The number of piperazine rings is 1. The fraction of sp³-hybridized carbons (Fsp3) is 0.458. The summed E-state index contributed by atoms with van der Waals surface area (Å²) in [6.07, 6.45) is 1.90. The van der Waals surface area contributed by atoms with Gasteiger partial charge in [0.05, 0.1) is 11.5 Å². The topological polar surface area (TPSA) is 91.0 Å². The number of hydrogen-bond donors (Lipinski definition) is 2. The molecule has 180 valence electrons. The van der Waals surface area contributed by atoms with Gasteiger partial charge in [-0.25, -0.2) is 8.42 Å². The number of carbonyl (C=O) groups is 1. The van der Waals surface area contributed by atoms with Gasteiger partial charge >= 0.3 is 0 Å². The zero-order valence-corrected chi connectivity index (χ0v) is 20.2. The largest absolute Gasteiger partial charge is 0.494 e. The smallest absolute Gasteiger partial charge is 0.261 e. The Bertz CT molecular complexity index is 1000. The molecular formula is C24H34N4O4S. The van der Waals surface area contributed by atoms with Crippen molar-refractivity contribution in [1.82, 2.24) is 15.1 Å². The third-order valence-electron chi connectivity index (χ3n) is 5.61. The predicted molar refractivity (Wildman–Crippen MR) is 130 cm³/mol. The molecule has 1 aliphatic heterocycles. The van der Waals surface area contributed by atoms with Crippen LogP contribution < -0.4 is 14.8 Å². The molecule has 3 rings (SSSR count). The molecule has 0 aliphatic carbocycles. The Labute approximate surface area is 197 Å². The van der Waals surface area contributed by atoms with Crippen LogP contribution in [-0.2, 0) is 10.0 Å². The van der Waals surface area contributed by atoms with Crippen LogP contribution in [0.25, 0.3) is 0 Å². The Morgan fingerprint density at radius 1 is 1.03 bits per heavy atom. The first-order valence-electron chi connectivity index (χ1n) is 11.4. The summed E-state index contributed by atoms with van der Waals surface area (Å²) < 4.78 is 33.5. The summed E-state index contributed by atoms with van der Waals surface area (Å²) in [6, 6.07) is 12.8. The highest BCUT2D eigenvalue weighted by atomic mass is 32.2. The van der Waals surface area contributed by atoms with Crippen LogP contribution in [0.4, 0.5) is 5.69 Å². The Hall–Kier alpha value is -2.62. The molecule has 1 amide bonds. The minimum absolute atomic E-state index is 0.0408. The minimum atomic E-state index is -3.82. The number of unbranched alkanes of at least 4 members (excludes halogenated alkanes) is 1. The second-order valence-electron chi connectivity index (χ2n) is 8.20. The number of amides is 1. The van der Waals surface area contributed by atoms with E-state index < -0.39 is 10.0 Å². The van der Waals surface area contributed by atoms with Crippen molar-refractivity contribution in [1.29, 1.82) is 0 Å². The number of nitrogens with one attached hydrogen (secondary N) is 2. The minimum Gasteiger partial charge on any atom is -0.494 e. The normalized spacial score (nSPS) is 15.2. The molecule has 2 aromatic rings. The summed E-state index contributed by atoms with van der Waals surface area (Å²) >= 11 is 0. The van der Waals surface area contributed by atoms with Crippen molar-refractivity contribution in [3.8, 4) is 5.75 Å². The van der Waals surface area contributed by atoms with Gasteiger partial charge in [0.1, 0.15) is 5.75 Å². The molecule has 1 heterocycles. The number of anilines is 1. The van der Waals surface area contributed by atoms with E-state index in [4.69, 9.17) is 4.74 Å². The van der Waals surface area contributed by atoms with Crippen LogP contribution in [0.1, 0.15) is 30.1 Å². The maximum atomic E-state index is 12.8. The molecule has 0 bridgehead atoms. The number of hydrogen-bond acceptors (Lipinski definition) is 6. The third kappa shape index (κ3) is 7.73. The summed E-state index contributed by atoms with van der Waals surface area (Å²) in [5, 5.41) is 2.90. The number of benzene rings is 2. The highest BCUT2D eigenvalue weighted by molar-refractivity contribution is 7.92. The van der Waals surface area contributed by atoms with Gasteiger partial charge in [-0.15, -0.1) is 0 Å². The lowest BCUT2D eigenvalue weighted by atomic mass is 10.2. The van der Waals surface area contributed by atoms with Gasteiger partial charge in [0.15, 0.2) is 0 Å². The molecular weight excluding hydrogens is 440 g/mol. The molecule has 0 aromatic heterocycles. The summed E-state index contributed by atoms with van der Waals surface area (Å²) in [7, 11) is -1.68. The van der Waals surface area contributed by atoms with Crippen LogP contribution >= 0.6 is 0 Å². The van der Waals surface area contributed by atoms with Crippen molar-refractivity contribution in [2.24, 2.45) is 0 Å². The van der Waals surface area contributed by atoms with Gasteiger partial charge in [-0.2, -0.15) is 0 Å². The number of carbonyl (C=O) groups excluding carboxylic acids is 1. The monoisotopic (exact) mass is 474 g/mol. The number of nitrogens with zero attached hydrogens (tertiary/aromatic N) is 2. The second-order valence-corrected chi connectivity index (χ2v) is 9.88. The van der Waals surface area contributed by atoms with E-state index in [2.05, 4.69) is 26.9 Å². The summed E-state index contributed by atoms with van der Waals surface area (Å²) in [6.45, 7) is 8.41. The second kappa shape index (κ2) is 12.0. The molecule has 0 unspecified atom stereocenters. The summed E-state index contributed by atoms with van der Waals surface area (Å²) in [5.74, 6) is 0.398. The van der Waals surface area contributed by atoms with Crippen LogP contribution in [-0.4, -0.2) is 77.0 Å².